The Morgan fingerprint density at radius 1 is 1.17 bits per heavy atom. The van der Waals surface area contributed by atoms with Crippen molar-refractivity contribution in [2.24, 2.45) is 0 Å². The molecule has 0 bridgehead atoms. The third-order valence-corrected chi connectivity index (χ3v) is 6.49. The molecule has 1 aromatic carbocycles. The zero-order chi connectivity index (χ0) is 30.7. The van der Waals surface area contributed by atoms with Crippen molar-refractivity contribution < 1.29 is 40.3 Å². The van der Waals surface area contributed by atoms with Gasteiger partial charge in [0.05, 0.1) is 41.6 Å². The number of anilines is 2. The Balaban J connectivity index is 1.65. The lowest BCUT2D eigenvalue weighted by Crippen LogP contribution is -2.46. The van der Waals surface area contributed by atoms with E-state index in [1.165, 1.54) is 35.8 Å². The fourth-order valence-electron chi connectivity index (χ4n) is 4.61. The Morgan fingerprint density at radius 2 is 1.93 bits per heavy atom. The van der Waals surface area contributed by atoms with Crippen molar-refractivity contribution in [3.8, 4) is 17.6 Å². The van der Waals surface area contributed by atoms with Crippen LogP contribution in [0.3, 0.4) is 0 Å². The topological polar surface area (TPSA) is 82.9 Å². The first-order chi connectivity index (χ1) is 19.8. The van der Waals surface area contributed by atoms with E-state index in [4.69, 9.17) is 0 Å². The summed E-state index contributed by atoms with van der Waals surface area (Å²) in [4.78, 5) is 18.4. The highest BCUT2D eigenvalue weighted by atomic mass is 19.4. The van der Waals surface area contributed by atoms with Crippen LogP contribution in [-0.2, 0) is 6.42 Å². The van der Waals surface area contributed by atoms with Gasteiger partial charge in [-0.3, -0.25) is 4.79 Å². The molecule has 0 aliphatic carbocycles. The molecule has 0 unspecified atom stereocenters. The number of piperidine rings is 1. The molecule has 1 saturated heterocycles. The third kappa shape index (κ3) is 7.55. The number of hydrogen-bond acceptors (Lipinski definition) is 6. The van der Waals surface area contributed by atoms with Gasteiger partial charge in [0, 0.05) is 26.3 Å². The Bertz CT molecular complexity index is 1490. The maximum Gasteiger partial charge on any atom is 0.573 e. The summed E-state index contributed by atoms with van der Waals surface area (Å²) in [5.41, 5.74) is -0.499. The third-order valence-electron chi connectivity index (χ3n) is 6.49. The van der Waals surface area contributed by atoms with Gasteiger partial charge in [-0.25, -0.2) is 9.37 Å². The van der Waals surface area contributed by atoms with E-state index in [0.29, 0.717) is 18.7 Å². The number of alkyl halides is 7. The normalized spacial score (nSPS) is 17.8. The summed E-state index contributed by atoms with van der Waals surface area (Å²) in [6.45, 7) is 0.473. The number of aromatic nitrogens is 2. The van der Waals surface area contributed by atoms with Gasteiger partial charge in [0.2, 0.25) is 0 Å². The van der Waals surface area contributed by atoms with Crippen LogP contribution in [0, 0.1) is 11.8 Å². The number of hydrogen-bond donors (Lipinski definition) is 3. The summed E-state index contributed by atoms with van der Waals surface area (Å²) in [7, 11) is 3.08. The van der Waals surface area contributed by atoms with E-state index in [-0.39, 0.29) is 41.4 Å². The second-order valence-electron chi connectivity index (χ2n) is 9.59. The van der Waals surface area contributed by atoms with E-state index >= 15 is 0 Å². The van der Waals surface area contributed by atoms with Gasteiger partial charge in [0.15, 0.2) is 11.4 Å². The van der Waals surface area contributed by atoms with Crippen LogP contribution >= 0.6 is 0 Å². The fourth-order valence-corrected chi connectivity index (χ4v) is 4.61. The average molecular weight is 601 g/mol. The van der Waals surface area contributed by atoms with Crippen molar-refractivity contribution in [2.45, 2.75) is 37.6 Å². The Morgan fingerprint density at radius 3 is 2.60 bits per heavy atom. The first kappa shape index (κ1) is 30.8. The molecule has 1 fully saturated rings. The average Bonchev–Trinajstić information content (AvgIpc) is 3.24. The Labute approximate surface area is 236 Å². The van der Waals surface area contributed by atoms with Gasteiger partial charge in [0.25, 0.3) is 5.91 Å². The minimum atomic E-state index is -5.05. The van der Waals surface area contributed by atoms with Crippen molar-refractivity contribution in [2.75, 3.05) is 44.4 Å². The highest BCUT2D eigenvalue weighted by molar-refractivity contribution is 6.00. The van der Waals surface area contributed by atoms with E-state index in [1.54, 1.807) is 13.1 Å². The largest absolute Gasteiger partial charge is 0.573 e. The fraction of sp³-hybridized carbons (Fsp3) is 0.407. The highest BCUT2D eigenvalue weighted by Crippen LogP contribution is 2.33. The van der Waals surface area contributed by atoms with Crippen molar-refractivity contribution in [3.63, 3.8) is 0 Å². The smallest absolute Gasteiger partial charge is 0.404 e. The van der Waals surface area contributed by atoms with Crippen molar-refractivity contribution in [1.29, 1.82) is 0 Å². The van der Waals surface area contributed by atoms with Crippen molar-refractivity contribution in [1.82, 2.24) is 19.6 Å². The number of nitrogens with one attached hydrogen (secondary N) is 3. The molecule has 3 aromatic rings. The number of imidazole rings is 1. The molecule has 3 heterocycles. The first-order valence-electron chi connectivity index (χ1n) is 12.7. The number of rotatable bonds is 7. The summed E-state index contributed by atoms with van der Waals surface area (Å²) < 4.78 is 99.3. The molecule has 1 aliphatic heterocycles. The van der Waals surface area contributed by atoms with E-state index < -0.39 is 42.8 Å². The molecule has 2 aromatic heterocycles. The van der Waals surface area contributed by atoms with Gasteiger partial charge >= 0.3 is 12.5 Å². The molecule has 0 radical (unpaired) electrons. The lowest BCUT2D eigenvalue weighted by molar-refractivity contribution is -0.274. The number of likely N-dealkylation sites (tertiary alicyclic amines) is 1. The predicted octanol–water partition coefficient (Wildman–Crippen LogP) is 4.62. The summed E-state index contributed by atoms with van der Waals surface area (Å²) in [6.07, 6.45) is -10.4. The van der Waals surface area contributed by atoms with Gasteiger partial charge in [-0.05, 0) is 43.7 Å². The van der Waals surface area contributed by atoms with Crippen LogP contribution in [0.15, 0.2) is 36.5 Å². The number of nitrogens with zero attached hydrogens (tertiary/aromatic N) is 3. The molecule has 4 rings (SSSR count). The summed E-state index contributed by atoms with van der Waals surface area (Å²) in [5.74, 6) is 3.73. The minimum absolute atomic E-state index is 0.117. The van der Waals surface area contributed by atoms with Crippen molar-refractivity contribution in [3.05, 3.63) is 53.5 Å². The van der Waals surface area contributed by atoms with E-state index in [1.807, 2.05) is 4.90 Å². The molecule has 8 nitrogen and oxygen atoms in total. The van der Waals surface area contributed by atoms with Crippen LogP contribution in [0.5, 0.6) is 5.75 Å². The molecular weight excluding hydrogens is 573 g/mol. The molecule has 226 valence electrons. The number of halogens is 7. The molecule has 2 atom stereocenters. The molecule has 1 aliphatic rings. The molecule has 1 amide bonds. The summed E-state index contributed by atoms with van der Waals surface area (Å²) >= 11 is 0. The lowest BCUT2D eigenvalue weighted by atomic mass is 10.0. The van der Waals surface area contributed by atoms with Crippen LogP contribution in [0.4, 0.5) is 42.1 Å². The molecule has 3 N–H and O–H groups in total. The van der Waals surface area contributed by atoms with Gasteiger partial charge in [-0.1, -0.05) is 12.0 Å². The second kappa shape index (κ2) is 12.4. The molecule has 42 heavy (non-hydrogen) atoms. The molecule has 0 spiro atoms. The number of para-hydroxylation sites is 1. The Hall–Kier alpha value is -4.19. The number of carbonyl (C=O) groups excluding carboxylic acids is 1. The van der Waals surface area contributed by atoms with Gasteiger partial charge in [-0.15, -0.1) is 13.2 Å². The molecular formula is C27H27F7N6O2. The Kier molecular flexibility index (Phi) is 9.05. The maximum absolute atomic E-state index is 14.7. The zero-order valence-electron chi connectivity index (χ0n) is 22.5. The quantitative estimate of drug-likeness (QED) is 0.272. The highest BCUT2D eigenvalue weighted by Gasteiger charge is 2.34. The number of pyridine rings is 1. The van der Waals surface area contributed by atoms with Crippen molar-refractivity contribution >= 4 is 22.9 Å². The van der Waals surface area contributed by atoms with Crippen LogP contribution < -0.4 is 20.7 Å². The monoisotopic (exact) mass is 600 g/mol. The van der Waals surface area contributed by atoms with Crippen LogP contribution in [0.25, 0.3) is 5.65 Å². The SMILES string of the molecule is CNC(=O)c1cccc(OC(F)(F)F)c1NCC#Cc1nc2c(N[C@@H]3CCN(C)C[C@@H]3F)cccn2c1CC(F)(F)F. The summed E-state index contributed by atoms with van der Waals surface area (Å²) in [5, 5.41) is 7.96. The van der Waals surface area contributed by atoms with Gasteiger partial charge in [0.1, 0.15) is 11.9 Å². The second-order valence-corrected chi connectivity index (χ2v) is 9.59. The lowest BCUT2D eigenvalue weighted by Gasteiger charge is -2.33. The van der Waals surface area contributed by atoms with E-state index in [0.717, 1.165) is 6.07 Å². The maximum atomic E-state index is 14.7. The van der Waals surface area contributed by atoms with Crippen LogP contribution in [0.1, 0.15) is 28.2 Å². The molecule has 0 saturated carbocycles. The number of benzene rings is 1. The number of amides is 1. The van der Waals surface area contributed by atoms with E-state index in [2.05, 4.69) is 37.5 Å². The first-order valence-corrected chi connectivity index (χ1v) is 12.7. The van der Waals surface area contributed by atoms with E-state index in [9.17, 15) is 35.5 Å². The van der Waals surface area contributed by atoms with Crippen LogP contribution in [-0.4, -0.2) is 78.7 Å². The number of ether oxygens (including phenoxy) is 1. The standard InChI is InChI=1S/C27H27F7N6O2/c1-35-25(41)16-6-3-9-22(42-27(32,33)34)23(16)36-11-4-7-19-21(14-26(29,30)31)40-12-5-8-20(24(40)38-19)37-18-10-13-39(2)15-17(18)28/h3,5-6,8-9,12,17-18,36-37H,10-11,13-15H2,1-2H3,(H,35,41)/t17-,18+/m0/s1. The zero-order valence-corrected chi connectivity index (χ0v) is 22.5. The van der Waals surface area contributed by atoms with Crippen LogP contribution in [0.2, 0.25) is 0 Å². The van der Waals surface area contributed by atoms with Gasteiger partial charge < -0.3 is 30.0 Å². The summed E-state index contributed by atoms with van der Waals surface area (Å²) in [6, 6.07) is 5.99. The van der Waals surface area contributed by atoms with Gasteiger partial charge in [-0.2, -0.15) is 13.2 Å². The predicted molar refractivity (Wildman–Crippen MR) is 141 cm³/mol. The number of fused-ring (bicyclic) bond motifs is 1. The number of carbonyl (C=O) groups is 1. The molecule has 15 heteroatoms. The minimum Gasteiger partial charge on any atom is -0.404 e.